The van der Waals surface area contributed by atoms with Crippen LogP contribution in [0.5, 0.6) is 0 Å². The monoisotopic (exact) mass is 496 g/mol. The number of likely N-dealkylation sites (tertiary alicyclic amines) is 1. The van der Waals surface area contributed by atoms with Gasteiger partial charge in [-0.2, -0.15) is 0 Å². The van der Waals surface area contributed by atoms with E-state index >= 15 is 4.39 Å². The Labute approximate surface area is 215 Å². The Balaban J connectivity index is 1.44. The summed E-state index contributed by atoms with van der Waals surface area (Å²) in [4.78, 5) is 30.9. The van der Waals surface area contributed by atoms with Gasteiger partial charge in [0.25, 0.3) is 5.91 Å². The van der Waals surface area contributed by atoms with Gasteiger partial charge in [-0.3, -0.25) is 14.6 Å². The molecule has 188 valence electrons. The number of aliphatic carboxylic acids is 1. The van der Waals surface area contributed by atoms with Crippen LogP contribution in [0.4, 0.5) is 4.39 Å². The summed E-state index contributed by atoms with van der Waals surface area (Å²) in [7, 11) is 0. The van der Waals surface area contributed by atoms with Crippen LogP contribution in [0.3, 0.4) is 0 Å². The predicted molar refractivity (Wildman–Crippen MR) is 142 cm³/mol. The van der Waals surface area contributed by atoms with Crippen LogP contribution in [-0.4, -0.2) is 40.0 Å². The van der Waals surface area contributed by atoms with Gasteiger partial charge in [0.05, 0.1) is 11.1 Å². The number of fused-ring (bicyclic) bond motifs is 1. The lowest BCUT2D eigenvalue weighted by Gasteiger charge is -2.18. The van der Waals surface area contributed by atoms with Crippen molar-refractivity contribution in [3.05, 3.63) is 102 Å². The highest BCUT2D eigenvalue weighted by molar-refractivity contribution is 5.99. The molecule has 0 aliphatic carbocycles. The number of aryl methyl sites for hydroxylation is 1. The minimum Gasteiger partial charge on any atom is -0.481 e. The quantitative estimate of drug-likeness (QED) is 0.284. The Bertz CT molecular complexity index is 1420. The number of halogens is 1. The van der Waals surface area contributed by atoms with Gasteiger partial charge in [0.15, 0.2) is 0 Å². The van der Waals surface area contributed by atoms with Crippen molar-refractivity contribution in [2.45, 2.75) is 38.0 Å². The molecule has 1 amide bonds. The molecular formula is C31H29FN2O3. The zero-order valence-electron chi connectivity index (χ0n) is 20.6. The number of amides is 1. The average Bonchev–Trinajstić information content (AvgIpc) is 3.41. The normalized spacial score (nSPS) is 15.3. The molecule has 4 aromatic rings. The molecule has 1 fully saturated rings. The van der Waals surface area contributed by atoms with E-state index in [9.17, 15) is 9.59 Å². The van der Waals surface area contributed by atoms with Crippen LogP contribution in [-0.2, 0) is 11.2 Å². The summed E-state index contributed by atoms with van der Waals surface area (Å²) >= 11 is 0. The smallest absolute Gasteiger partial charge is 0.303 e. The van der Waals surface area contributed by atoms with E-state index in [1.807, 2.05) is 54.6 Å². The number of unbranched alkanes of at least 4 members (excludes halogenated alkanes) is 1. The van der Waals surface area contributed by atoms with E-state index in [2.05, 4.69) is 12.1 Å². The van der Waals surface area contributed by atoms with Gasteiger partial charge in [-0.05, 0) is 55.0 Å². The molecule has 1 aromatic heterocycles. The van der Waals surface area contributed by atoms with Crippen LogP contribution in [0.25, 0.3) is 22.0 Å². The molecule has 3 aromatic carbocycles. The number of carboxylic acids is 1. The van der Waals surface area contributed by atoms with Crippen LogP contribution < -0.4 is 0 Å². The van der Waals surface area contributed by atoms with Crippen LogP contribution >= 0.6 is 0 Å². The molecule has 1 aliphatic heterocycles. The number of benzene rings is 3. The summed E-state index contributed by atoms with van der Waals surface area (Å²) in [5.74, 6) is -1.42. The Morgan fingerprint density at radius 2 is 1.70 bits per heavy atom. The van der Waals surface area contributed by atoms with Crippen LogP contribution in [0.1, 0.15) is 53.2 Å². The molecule has 0 spiro atoms. The van der Waals surface area contributed by atoms with E-state index in [4.69, 9.17) is 10.1 Å². The standard InChI is InChI=1S/C31H29FN2O3/c32-27-18-24-17-25(22-11-5-2-6-12-22)28(13-7-8-14-30(35)36)33-29(24)19-26(27)31(37)34-16-15-23(20-34)21-9-3-1-4-10-21/h1-6,9-12,17-19,23H,7-8,13-16,20H2,(H,35,36)/t23-/m1/s1. The largest absolute Gasteiger partial charge is 0.481 e. The maximum absolute atomic E-state index is 15.3. The highest BCUT2D eigenvalue weighted by Gasteiger charge is 2.29. The molecule has 1 saturated heterocycles. The third-order valence-electron chi connectivity index (χ3n) is 7.10. The van der Waals surface area contributed by atoms with Gasteiger partial charge in [-0.25, -0.2) is 4.39 Å². The lowest BCUT2D eigenvalue weighted by molar-refractivity contribution is -0.137. The number of pyridine rings is 1. The fourth-order valence-electron chi connectivity index (χ4n) is 5.14. The van der Waals surface area contributed by atoms with Crippen molar-refractivity contribution in [2.24, 2.45) is 0 Å². The Hall–Kier alpha value is -4.06. The van der Waals surface area contributed by atoms with Gasteiger partial charge in [0, 0.05) is 42.1 Å². The highest BCUT2D eigenvalue weighted by atomic mass is 19.1. The summed E-state index contributed by atoms with van der Waals surface area (Å²) in [5.41, 5.74) is 4.48. The van der Waals surface area contributed by atoms with Gasteiger partial charge in [0.2, 0.25) is 0 Å². The van der Waals surface area contributed by atoms with Crippen LogP contribution in [0.15, 0.2) is 78.9 Å². The highest BCUT2D eigenvalue weighted by Crippen LogP contribution is 2.31. The van der Waals surface area contributed by atoms with Gasteiger partial charge in [0.1, 0.15) is 5.82 Å². The van der Waals surface area contributed by atoms with Gasteiger partial charge >= 0.3 is 5.97 Å². The predicted octanol–water partition coefficient (Wildman–Crippen LogP) is 6.47. The first kappa shape index (κ1) is 24.6. The second-order valence-electron chi connectivity index (χ2n) is 9.62. The Kier molecular flexibility index (Phi) is 7.26. The van der Waals surface area contributed by atoms with Gasteiger partial charge in [-0.15, -0.1) is 0 Å². The number of hydrogen-bond acceptors (Lipinski definition) is 3. The summed E-state index contributed by atoms with van der Waals surface area (Å²) in [6.45, 7) is 1.15. The zero-order chi connectivity index (χ0) is 25.8. The van der Waals surface area contributed by atoms with Crippen molar-refractivity contribution >= 4 is 22.8 Å². The topological polar surface area (TPSA) is 70.5 Å². The number of hydrogen-bond donors (Lipinski definition) is 1. The first-order valence-electron chi connectivity index (χ1n) is 12.7. The number of aromatic nitrogens is 1. The van der Waals surface area contributed by atoms with E-state index in [0.29, 0.717) is 43.3 Å². The second-order valence-corrected chi connectivity index (χ2v) is 9.62. The Morgan fingerprint density at radius 1 is 0.973 bits per heavy atom. The third kappa shape index (κ3) is 5.53. The molecule has 1 aliphatic rings. The lowest BCUT2D eigenvalue weighted by Crippen LogP contribution is -2.29. The second kappa shape index (κ2) is 10.9. The molecule has 5 nitrogen and oxygen atoms in total. The number of rotatable bonds is 8. The summed E-state index contributed by atoms with van der Waals surface area (Å²) in [5, 5.41) is 9.61. The number of carbonyl (C=O) groups excluding carboxylic acids is 1. The summed E-state index contributed by atoms with van der Waals surface area (Å²) in [6, 6.07) is 24.8. The van der Waals surface area contributed by atoms with E-state index in [1.165, 1.54) is 11.6 Å². The molecular weight excluding hydrogens is 467 g/mol. The molecule has 0 saturated carbocycles. The third-order valence-corrected chi connectivity index (χ3v) is 7.10. The van der Waals surface area contributed by atoms with E-state index in [0.717, 1.165) is 23.2 Å². The van der Waals surface area contributed by atoms with E-state index < -0.39 is 11.8 Å². The number of nitrogens with zero attached hydrogens (tertiary/aromatic N) is 2. The van der Waals surface area contributed by atoms with Crippen LogP contribution in [0.2, 0.25) is 0 Å². The van der Waals surface area contributed by atoms with Gasteiger partial charge in [-0.1, -0.05) is 60.7 Å². The van der Waals surface area contributed by atoms with E-state index in [-0.39, 0.29) is 23.8 Å². The Morgan fingerprint density at radius 3 is 2.43 bits per heavy atom. The molecule has 1 atom stereocenters. The molecule has 1 N–H and O–H groups in total. The zero-order valence-corrected chi connectivity index (χ0v) is 20.6. The van der Waals surface area contributed by atoms with Crippen molar-refractivity contribution in [1.29, 1.82) is 0 Å². The fraction of sp³-hybridized carbons (Fsp3) is 0.258. The maximum atomic E-state index is 15.3. The van der Waals surface area contributed by atoms with Crippen molar-refractivity contribution in [1.82, 2.24) is 9.88 Å². The fourth-order valence-corrected chi connectivity index (χ4v) is 5.14. The van der Waals surface area contributed by atoms with E-state index in [1.54, 1.807) is 11.0 Å². The first-order valence-corrected chi connectivity index (χ1v) is 12.7. The maximum Gasteiger partial charge on any atom is 0.303 e. The first-order chi connectivity index (χ1) is 18.0. The molecule has 37 heavy (non-hydrogen) atoms. The lowest BCUT2D eigenvalue weighted by atomic mass is 9.97. The van der Waals surface area contributed by atoms with Crippen molar-refractivity contribution in [3.8, 4) is 11.1 Å². The molecule has 6 heteroatoms. The van der Waals surface area contributed by atoms with Crippen molar-refractivity contribution < 1.29 is 19.1 Å². The molecule has 5 rings (SSSR count). The molecule has 0 bridgehead atoms. The molecule has 0 radical (unpaired) electrons. The minimum atomic E-state index is -0.815. The number of carbonyl (C=O) groups is 2. The van der Waals surface area contributed by atoms with Crippen LogP contribution in [0, 0.1) is 5.82 Å². The van der Waals surface area contributed by atoms with Crippen molar-refractivity contribution in [3.63, 3.8) is 0 Å². The van der Waals surface area contributed by atoms with Gasteiger partial charge < -0.3 is 10.0 Å². The number of carboxylic acid groups (broad SMARTS) is 1. The summed E-state index contributed by atoms with van der Waals surface area (Å²) in [6.07, 6.45) is 2.78. The average molecular weight is 497 g/mol. The molecule has 2 heterocycles. The summed E-state index contributed by atoms with van der Waals surface area (Å²) < 4.78 is 15.3. The minimum absolute atomic E-state index is 0.0398. The van der Waals surface area contributed by atoms with Crippen molar-refractivity contribution in [2.75, 3.05) is 13.1 Å². The molecule has 0 unspecified atom stereocenters. The SMILES string of the molecule is O=C(O)CCCCc1nc2cc(C(=O)N3CC[C@@H](c4ccccc4)C3)c(F)cc2cc1-c1ccccc1.